The van der Waals surface area contributed by atoms with E-state index in [0.29, 0.717) is 5.41 Å². The predicted octanol–water partition coefficient (Wildman–Crippen LogP) is 4.34. The van der Waals surface area contributed by atoms with Crippen molar-refractivity contribution in [2.45, 2.75) is 32.1 Å². The fourth-order valence-corrected chi connectivity index (χ4v) is 3.86. The van der Waals surface area contributed by atoms with E-state index in [9.17, 15) is 5.26 Å². The molecule has 0 heterocycles. The predicted molar refractivity (Wildman–Crippen MR) is 83.7 cm³/mol. The van der Waals surface area contributed by atoms with E-state index in [-0.39, 0.29) is 0 Å². The van der Waals surface area contributed by atoms with Crippen LogP contribution in [0, 0.1) is 16.7 Å². The number of nitrogens with zero attached hydrogens (tertiary/aromatic N) is 2. The summed E-state index contributed by atoms with van der Waals surface area (Å²) < 4.78 is 0. The highest BCUT2D eigenvalue weighted by Crippen LogP contribution is 2.39. The number of nitriles is 1. The molecule has 1 aliphatic carbocycles. The van der Waals surface area contributed by atoms with Crippen molar-refractivity contribution in [3.8, 4) is 6.07 Å². The van der Waals surface area contributed by atoms with E-state index in [4.69, 9.17) is 0 Å². The maximum absolute atomic E-state index is 9.21. The SMILES string of the molecule is CN(CC1(CBr)CCCCC1)c1ccccc1C#N. The van der Waals surface area contributed by atoms with Crippen LogP contribution in [0.4, 0.5) is 5.69 Å². The van der Waals surface area contributed by atoms with Gasteiger partial charge in [0, 0.05) is 18.9 Å². The van der Waals surface area contributed by atoms with Crippen molar-refractivity contribution in [2.75, 3.05) is 23.8 Å². The topological polar surface area (TPSA) is 27.0 Å². The summed E-state index contributed by atoms with van der Waals surface area (Å²) in [6.45, 7) is 1.02. The third kappa shape index (κ3) is 3.30. The van der Waals surface area contributed by atoms with Crippen molar-refractivity contribution in [1.29, 1.82) is 5.26 Å². The number of rotatable bonds is 4. The smallest absolute Gasteiger partial charge is 0.101 e. The molecule has 1 saturated carbocycles. The van der Waals surface area contributed by atoms with Crippen molar-refractivity contribution >= 4 is 21.6 Å². The van der Waals surface area contributed by atoms with Crippen LogP contribution in [0.2, 0.25) is 0 Å². The summed E-state index contributed by atoms with van der Waals surface area (Å²) in [5.41, 5.74) is 2.19. The van der Waals surface area contributed by atoms with Crippen molar-refractivity contribution in [2.24, 2.45) is 5.41 Å². The largest absolute Gasteiger partial charge is 0.373 e. The van der Waals surface area contributed by atoms with Gasteiger partial charge in [-0.15, -0.1) is 0 Å². The number of hydrogen-bond acceptors (Lipinski definition) is 2. The van der Waals surface area contributed by atoms with Gasteiger partial charge in [0.25, 0.3) is 0 Å². The summed E-state index contributed by atoms with van der Waals surface area (Å²) in [5, 5.41) is 10.3. The van der Waals surface area contributed by atoms with E-state index in [0.717, 1.165) is 23.1 Å². The van der Waals surface area contributed by atoms with Gasteiger partial charge >= 0.3 is 0 Å². The first-order chi connectivity index (χ1) is 9.21. The van der Waals surface area contributed by atoms with E-state index < -0.39 is 0 Å². The van der Waals surface area contributed by atoms with Crippen LogP contribution in [-0.2, 0) is 0 Å². The molecule has 0 N–H and O–H groups in total. The minimum atomic E-state index is 0.371. The Labute approximate surface area is 124 Å². The molecule has 2 nitrogen and oxygen atoms in total. The van der Waals surface area contributed by atoms with Crippen molar-refractivity contribution in [3.05, 3.63) is 29.8 Å². The zero-order valence-electron chi connectivity index (χ0n) is 11.5. The minimum Gasteiger partial charge on any atom is -0.373 e. The molecule has 0 radical (unpaired) electrons. The Morgan fingerprint density at radius 3 is 2.58 bits per heavy atom. The van der Waals surface area contributed by atoms with Crippen LogP contribution in [0.3, 0.4) is 0 Å². The summed E-state index contributed by atoms with van der Waals surface area (Å²) in [5.74, 6) is 0. The molecular formula is C16H21BrN2. The highest BCUT2D eigenvalue weighted by atomic mass is 79.9. The van der Waals surface area contributed by atoms with Gasteiger partial charge in [-0.05, 0) is 30.4 Å². The minimum absolute atomic E-state index is 0.371. The highest BCUT2D eigenvalue weighted by molar-refractivity contribution is 9.09. The number of para-hydroxylation sites is 1. The molecular weight excluding hydrogens is 300 g/mol. The molecule has 0 aliphatic heterocycles. The highest BCUT2D eigenvalue weighted by Gasteiger charge is 2.32. The van der Waals surface area contributed by atoms with Crippen LogP contribution in [-0.4, -0.2) is 18.9 Å². The number of alkyl halides is 1. The molecule has 2 rings (SSSR count). The first kappa shape index (κ1) is 14.4. The Bertz CT molecular complexity index is 458. The molecule has 1 aromatic rings. The van der Waals surface area contributed by atoms with E-state index >= 15 is 0 Å². The van der Waals surface area contributed by atoms with Crippen molar-refractivity contribution in [1.82, 2.24) is 0 Å². The second kappa shape index (κ2) is 6.43. The summed E-state index contributed by atoms with van der Waals surface area (Å²) in [7, 11) is 2.11. The Balaban J connectivity index is 2.15. The Kier molecular flexibility index (Phi) is 4.87. The zero-order chi connectivity index (χ0) is 13.7. The first-order valence-corrected chi connectivity index (χ1v) is 8.09. The van der Waals surface area contributed by atoms with Crippen LogP contribution >= 0.6 is 15.9 Å². The molecule has 1 fully saturated rings. The average Bonchev–Trinajstić information content (AvgIpc) is 2.48. The number of halogens is 1. The average molecular weight is 321 g/mol. The van der Waals surface area contributed by atoms with E-state index in [1.807, 2.05) is 24.3 Å². The Hall–Kier alpha value is -1.01. The van der Waals surface area contributed by atoms with Crippen LogP contribution < -0.4 is 4.90 Å². The third-order valence-corrected chi connectivity index (χ3v) is 5.40. The van der Waals surface area contributed by atoms with E-state index in [1.54, 1.807) is 0 Å². The lowest BCUT2D eigenvalue weighted by molar-refractivity contribution is 0.232. The van der Waals surface area contributed by atoms with Gasteiger partial charge in [0.15, 0.2) is 0 Å². The lowest BCUT2D eigenvalue weighted by atomic mass is 9.75. The molecule has 0 unspecified atom stereocenters. The molecule has 102 valence electrons. The normalized spacial score (nSPS) is 17.7. The molecule has 19 heavy (non-hydrogen) atoms. The molecule has 1 aromatic carbocycles. The Morgan fingerprint density at radius 1 is 1.26 bits per heavy atom. The summed E-state index contributed by atoms with van der Waals surface area (Å²) >= 11 is 3.71. The monoisotopic (exact) mass is 320 g/mol. The zero-order valence-corrected chi connectivity index (χ0v) is 13.1. The standard InChI is InChI=1S/C16H21BrN2/c1-19(15-8-4-3-7-14(15)11-18)13-16(12-17)9-5-2-6-10-16/h3-4,7-8H,2,5-6,9-10,12-13H2,1H3. The van der Waals surface area contributed by atoms with Gasteiger partial charge in [-0.25, -0.2) is 0 Å². The number of benzene rings is 1. The van der Waals surface area contributed by atoms with Crippen molar-refractivity contribution in [3.63, 3.8) is 0 Å². The third-order valence-electron chi connectivity index (χ3n) is 4.21. The Morgan fingerprint density at radius 2 is 1.95 bits per heavy atom. The van der Waals surface area contributed by atoms with Crippen molar-refractivity contribution < 1.29 is 0 Å². The summed E-state index contributed by atoms with van der Waals surface area (Å²) in [4.78, 5) is 2.26. The summed E-state index contributed by atoms with van der Waals surface area (Å²) in [6.07, 6.45) is 6.61. The van der Waals surface area contributed by atoms with E-state index in [2.05, 4.69) is 33.9 Å². The lowest BCUT2D eigenvalue weighted by Gasteiger charge is -2.39. The maximum atomic E-state index is 9.21. The van der Waals surface area contributed by atoms with Gasteiger partial charge < -0.3 is 4.90 Å². The van der Waals surface area contributed by atoms with Gasteiger partial charge in [0.2, 0.25) is 0 Å². The van der Waals surface area contributed by atoms with Gasteiger partial charge in [0.05, 0.1) is 11.3 Å². The molecule has 0 amide bonds. The quantitative estimate of drug-likeness (QED) is 0.771. The van der Waals surface area contributed by atoms with Crippen LogP contribution in [0.25, 0.3) is 0 Å². The van der Waals surface area contributed by atoms with E-state index in [1.165, 1.54) is 32.1 Å². The second-order valence-electron chi connectivity index (χ2n) is 5.68. The molecule has 0 saturated heterocycles. The van der Waals surface area contributed by atoms with Gasteiger partial charge in [-0.3, -0.25) is 0 Å². The maximum Gasteiger partial charge on any atom is 0.101 e. The summed E-state index contributed by atoms with van der Waals surface area (Å²) in [6, 6.07) is 10.2. The second-order valence-corrected chi connectivity index (χ2v) is 6.24. The van der Waals surface area contributed by atoms with Crippen LogP contribution in [0.5, 0.6) is 0 Å². The van der Waals surface area contributed by atoms with Gasteiger partial charge in [-0.1, -0.05) is 47.3 Å². The molecule has 0 atom stereocenters. The molecule has 0 bridgehead atoms. The number of anilines is 1. The van der Waals surface area contributed by atoms with Crippen LogP contribution in [0.1, 0.15) is 37.7 Å². The first-order valence-electron chi connectivity index (χ1n) is 6.97. The molecule has 1 aliphatic rings. The van der Waals surface area contributed by atoms with Gasteiger partial charge in [-0.2, -0.15) is 5.26 Å². The fourth-order valence-electron chi connectivity index (χ4n) is 3.13. The molecule has 0 spiro atoms. The molecule has 0 aromatic heterocycles. The molecule has 3 heteroatoms. The van der Waals surface area contributed by atoms with Gasteiger partial charge in [0.1, 0.15) is 6.07 Å². The van der Waals surface area contributed by atoms with Crippen LogP contribution in [0.15, 0.2) is 24.3 Å². The fraction of sp³-hybridized carbons (Fsp3) is 0.562. The lowest BCUT2D eigenvalue weighted by Crippen LogP contribution is -2.39. The number of hydrogen-bond donors (Lipinski definition) is 0.